The molecule has 0 radical (unpaired) electrons. The van der Waals surface area contributed by atoms with Crippen molar-refractivity contribution in [2.24, 2.45) is 0 Å². The number of amides is 1. The zero-order valence-corrected chi connectivity index (χ0v) is 11.9. The number of rotatable bonds is 4. The van der Waals surface area contributed by atoms with Gasteiger partial charge in [0.25, 0.3) is 0 Å². The molecule has 1 fully saturated rings. The Morgan fingerprint density at radius 3 is 2.70 bits per heavy atom. The molecule has 7 heteroatoms. The Morgan fingerprint density at radius 2 is 2.10 bits per heavy atom. The van der Waals surface area contributed by atoms with Crippen LogP contribution in [0.5, 0.6) is 0 Å². The summed E-state index contributed by atoms with van der Waals surface area (Å²) in [5, 5.41) is 14.0. The van der Waals surface area contributed by atoms with Gasteiger partial charge in [-0.05, 0) is 31.9 Å². The van der Waals surface area contributed by atoms with Crippen LogP contribution in [0.2, 0.25) is 5.02 Å². The lowest BCUT2D eigenvalue weighted by Crippen LogP contribution is -2.39. The number of hydrogen-bond acceptors (Lipinski definition) is 4. The molecule has 1 heterocycles. The maximum Gasteiger partial charge on any atom is 0.310 e. The van der Waals surface area contributed by atoms with Gasteiger partial charge < -0.3 is 10.2 Å². The molecule has 1 aliphatic heterocycles. The van der Waals surface area contributed by atoms with Crippen LogP contribution >= 0.6 is 11.6 Å². The van der Waals surface area contributed by atoms with E-state index in [9.17, 15) is 14.9 Å². The SMILES string of the molecule is CC(Nc1cccc(Cl)c1[N+](=O)[O-])C(=O)N1CCCC1. The standard InChI is InChI=1S/C13H16ClN3O3/c1-9(13(18)16-7-2-3-8-16)15-11-6-4-5-10(14)12(11)17(19)20/h4-6,9,15H,2-3,7-8H2,1H3. The van der Waals surface area contributed by atoms with Gasteiger partial charge in [-0.3, -0.25) is 14.9 Å². The van der Waals surface area contributed by atoms with Gasteiger partial charge in [0.2, 0.25) is 5.91 Å². The molecule has 0 saturated carbocycles. The molecule has 0 spiro atoms. The highest BCUT2D eigenvalue weighted by atomic mass is 35.5. The number of nitro groups is 1. The molecule has 108 valence electrons. The lowest BCUT2D eigenvalue weighted by atomic mass is 10.2. The van der Waals surface area contributed by atoms with E-state index in [2.05, 4.69) is 5.32 Å². The van der Waals surface area contributed by atoms with Crippen LogP contribution in [0.25, 0.3) is 0 Å². The number of carbonyl (C=O) groups excluding carboxylic acids is 1. The predicted molar refractivity (Wildman–Crippen MR) is 77.0 cm³/mol. The normalized spacial score (nSPS) is 16.0. The molecule has 0 aliphatic carbocycles. The van der Waals surface area contributed by atoms with Crippen molar-refractivity contribution in [3.05, 3.63) is 33.3 Å². The molecule has 0 bridgehead atoms. The van der Waals surface area contributed by atoms with Gasteiger partial charge in [-0.1, -0.05) is 17.7 Å². The lowest BCUT2D eigenvalue weighted by molar-refractivity contribution is -0.383. The van der Waals surface area contributed by atoms with E-state index in [1.165, 1.54) is 6.07 Å². The van der Waals surface area contributed by atoms with Gasteiger partial charge in [-0.25, -0.2) is 0 Å². The highest BCUT2D eigenvalue weighted by Gasteiger charge is 2.26. The number of likely N-dealkylation sites (tertiary alicyclic amines) is 1. The number of para-hydroxylation sites is 1. The van der Waals surface area contributed by atoms with Gasteiger partial charge in [0.1, 0.15) is 16.8 Å². The Kier molecular flexibility index (Phi) is 4.44. The Morgan fingerprint density at radius 1 is 1.45 bits per heavy atom. The smallest absolute Gasteiger partial charge is 0.310 e. The first-order valence-electron chi connectivity index (χ1n) is 6.49. The average Bonchev–Trinajstić information content (AvgIpc) is 2.91. The number of nitrogens with zero attached hydrogens (tertiary/aromatic N) is 2. The molecule has 1 aromatic carbocycles. The highest BCUT2D eigenvalue weighted by Crippen LogP contribution is 2.32. The van der Waals surface area contributed by atoms with E-state index in [0.29, 0.717) is 0 Å². The van der Waals surface area contributed by atoms with Crippen LogP contribution in [0, 0.1) is 10.1 Å². The van der Waals surface area contributed by atoms with E-state index in [-0.39, 0.29) is 22.3 Å². The number of hydrogen-bond donors (Lipinski definition) is 1. The van der Waals surface area contributed by atoms with Gasteiger partial charge in [0.15, 0.2) is 0 Å². The summed E-state index contributed by atoms with van der Waals surface area (Å²) in [5.74, 6) is -0.0447. The number of benzene rings is 1. The molecule has 0 aromatic heterocycles. The highest BCUT2D eigenvalue weighted by molar-refractivity contribution is 6.33. The summed E-state index contributed by atoms with van der Waals surface area (Å²) in [5.41, 5.74) is 0.0674. The largest absolute Gasteiger partial charge is 0.368 e. The zero-order chi connectivity index (χ0) is 14.7. The van der Waals surface area contributed by atoms with Crippen LogP contribution < -0.4 is 5.32 Å². The fourth-order valence-electron chi connectivity index (χ4n) is 2.32. The van der Waals surface area contributed by atoms with Crippen LogP contribution in [0.1, 0.15) is 19.8 Å². The van der Waals surface area contributed by atoms with Gasteiger partial charge in [-0.15, -0.1) is 0 Å². The first kappa shape index (κ1) is 14.6. The van der Waals surface area contributed by atoms with Crippen molar-refractivity contribution in [3.63, 3.8) is 0 Å². The summed E-state index contributed by atoms with van der Waals surface area (Å²) in [6, 6.07) is 4.10. The fraction of sp³-hybridized carbons (Fsp3) is 0.462. The summed E-state index contributed by atoms with van der Waals surface area (Å²) in [4.78, 5) is 24.4. The van der Waals surface area contributed by atoms with E-state index < -0.39 is 11.0 Å². The van der Waals surface area contributed by atoms with Crippen molar-refractivity contribution in [2.45, 2.75) is 25.8 Å². The number of nitro benzene ring substituents is 1. The van der Waals surface area contributed by atoms with Crippen molar-refractivity contribution in [2.75, 3.05) is 18.4 Å². The maximum atomic E-state index is 12.2. The summed E-state index contributed by atoms with van der Waals surface area (Å²) in [6.45, 7) is 3.20. The van der Waals surface area contributed by atoms with Crippen molar-refractivity contribution in [1.82, 2.24) is 4.90 Å². The minimum Gasteiger partial charge on any atom is -0.368 e. The van der Waals surface area contributed by atoms with Crippen molar-refractivity contribution < 1.29 is 9.72 Å². The molecule has 1 saturated heterocycles. The summed E-state index contributed by atoms with van der Waals surface area (Å²) < 4.78 is 0. The van der Waals surface area contributed by atoms with E-state index in [0.717, 1.165) is 25.9 Å². The van der Waals surface area contributed by atoms with Gasteiger partial charge in [0.05, 0.1) is 4.92 Å². The van der Waals surface area contributed by atoms with Gasteiger partial charge in [-0.2, -0.15) is 0 Å². The second kappa shape index (κ2) is 6.09. The minimum atomic E-state index is -0.544. The second-order valence-corrected chi connectivity index (χ2v) is 5.20. The Labute approximate surface area is 121 Å². The maximum absolute atomic E-state index is 12.2. The molecular formula is C13H16ClN3O3. The third kappa shape index (κ3) is 3.01. The molecule has 1 aromatic rings. The first-order valence-corrected chi connectivity index (χ1v) is 6.86. The minimum absolute atomic E-state index is 0.0447. The first-order chi connectivity index (χ1) is 9.50. The summed E-state index contributed by atoms with van der Waals surface area (Å²) >= 11 is 5.84. The number of carbonyl (C=O) groups is 1. The quantitative estimate of drug-likeness (QED) is 0.685. The lowest BCUT2D eigenvalue weighted by Gasteiger charge is -2.21. The molecule has 20 heavy (non-hydrogen) atoms. The van der Waals surface area contributed by atoms with Crippen molar-refractivity contribution in [3.8, 4) is 0 Å². The predicted octanol–water partition coefficient (Wildman–Crippen LogP) is 2.67. The Hall–Kier alpha value is -1.82. The summed E-state index contributed by atoms with van der Waals surface area (Å²) in [6.07, 6.45) is 2.02. The summed E-state index contributed by atoms with van der Waals surface area (Å²) in [7, 11) is 0. The Bertz CT molecular complexity index is 530. The van der Waals surface area contributed by atoms with Crippen LogP contribution in [-0.2, 0) is 4.79 Å². The van der Waals surface area contributed by atoms with Crippen LogP contribution in [0.15, 0.2) is 18.2 Å². The van der Waals surface area contributed by atoms with Crippen LogP contribution in [0.3, 0.4) is 0 Å². The zero-order valence-electron chi connectivity index (χ0n) is 11.1. The molecule has 1 aliphatic rings. The topological polar surface area (TPSA) is 75.5 Å². The molecular weight excluding hydrogens is 282 g/mol. The van der Waals surface area contributed by atoms with Crippen molar-refractivity contribution in [1.29, 1.82) is 0 Å². The number of halogens is 1. The molecule has 1 atom stereocenters. The van der Waals surface area contributed by atoms with Crippen molar-refractivity contribution >= 4 is 28.9 Å². The molecule has 1 N–H and O–H groups in total. The average molecular weight is 298 g/mol. The molecule has 1 unspecified atom stereocenters. The van der Waals surface area contributed by atoms with E-state index in [1.54, 1.807) is 24.0 Å². The van der Waals surface area contributed by atoms with Crippen LogP contribution in [-0.4, -0.2) is 34.9 Å². The third-order valence-corrected chi connectivity index (χ3v) is 3.63. The molecule has 1 amide bonds. The van der Waals surface area contributed by atoms with Gasteiger partial charge in [0, 0.05) is 13.1 Å². The van der Waals surface area contributed by atoms with E-state index in [1.807, 2.05) is 0 Å². The number of anilines is 1. The fourth-order valence-corrected chi connectivity index (χ4v) is 2.57. The van der Waals surface area contributed by atoms with Crippen LogP contribution in [0.4, 0.5) is 11.4 Å². The molecule has 2 rings (SSSR count). The Balaban J connectivity index is 2.15. The monoisotopic (exact) mass is 297 g/mol. The van der Waals surface area contributed by atoms with E-state index >= 15 is 0 Å². The molecule has 6 nitrogen and oxygen atoms in total. The third-order valence-electron chi connectivity index (χ3n) is 3.33. The number of nitrogens with one attached hydrogen (secondary N) is 1. The van der Waals surface area contributed by atoms with Gasteiger partial charge >= 0.3 is 5.69 Å². The van der Waals surface area contributed by atoms with E-state index in [4.69, 9.17) is 11.6 Å². The second-order valence-electron chi connectivity index (χ2n) is 4.79.